The van der Waals surface area contributed by atoms with E-state index in [2.05, 4.69) is 30.8 Å². The lowest BCUT2D eigenvalue weighted by molar-refractivity contribution is 0.238. The standard InChI is InChI=1S/C18H22N6O2/c25-18-20-12-13-11-19-17(22-16(13)23-18)21-14-3-5-15(6-4-14)26-10-9-24-7-1-2-8-24/h3-6,11H,1-2,7-10,12H2,(H3,19,20,21,22,23,25). The molecule has 1 saturated heterocycles. The number of nitrogens with one attached hydrogen (secondary N) is 3. The van der Waals surface area contributed by atoms with Gasteiger partial charge in [-0.25, -0.2) is 9.78 Å². The molecule has 1 aromatic carbocycles. The summed E-state index contributed by atoms with van der Waals surface area (Å²) in [6.07, 6.45) is 4.30. The average Bonchev–Trinajstić information content (AvgIpc) is 3.16. The zero-order valence-corrected chi connectivity index (χ0v) is 14.5. The maximum Gasteiger partial charge on any atom is 0.320 e. The van der Waals surface area contributed by atoms with Gasteiger partial charge >= 0.3 is 6.03 Å². The number of likely N-dealkylation sites (tertiary alicyclic amines) is 1. The van der Waals surface area contributed by atoms with Crippen molar-refractivity contribution in [1.29, 1.82) is 0 Å². The van der Waals surface area contributed by atoms with E-state index in [9.17, 15) is 4.79 Å². The zero-order chi connectivity index (χ0) is 17.8. The Hall–Kier alpha value is -2.87. The molecule has 0 aliphatic carbocycles. The molecule has 2 aromatic rings. The highest BCUT2D eigenvalue weighted by atomic mass is 16.5. The van der Waals surface area contributed by atoms with E-state index in [4.69, 9.17) is 4.74 Å². The fourth-order valence-electron chi connectivity index (χ4n) is 3.09. The number of hydrogen-bond donors (Lipinski definition) is 3. The molecule has 1 fully saturated rings. The predicted octanol–water partition coefficient (Wildman–Crippen LogP) is 2.33. The third-order valence-corrected chi connectivity index (χ3v) is 4.52. The number of urea groups is 1. The maximum atomic E-state index is 11.4. The lowest BCUT2D eigenvalue weighted by atomic mass is 10.2. The van der Waals surface area contributed by atoms with Crippen LogP contribution in [0.4, 0.5) is 22.2 Å². The van der Waals surface area contributed by atoms with Gasteiger partial charge in [0.1, 0.15) is 18.2 Å². The maximum absolute atomic E-state index is 11.4. The Balaban J connectivity index is 1.32. The van der Waals surface area contributed by atoms with Gasteiger partial charge in [0.2, 0.25) is 5.95 Å². The van der Waals surface area contributed by atoms with E-state index in [0.29, 0.717) is 24.9 Å². The van der Waals surface area contributed by atoms with Gasteiger partial charge < -0.3 is 15.4 Å². The number of carbonyl (C=O) groups is 1. The van der Waals surface area contributed by atoms with E-state index in [1.54, 1.807) is 6.20 Å². The van der Waals surface area contributed by atoms with Gasteiger partial charge in [0.15, 0.2) is 0 Å². The first kappa shape index (κ1) is 16.6. The summed E-state index contributed by atoms with van der Waals surface area (Å²) < 4.78 is 5.80. The summed E-state index contributed by atoms with van der Waals surface area (Å²) in [5.74, 6) is 1.82. The number of ether oxygens (including phenoxy) is 1. The van der Waals surface area contributed by atoms with E-state index in [-0.39, 0.29) is 6.03 Å². The van der Waals surface area contributed by atoms with Crippen molar-refractivity contribution in [1.82, 2.24) is 20.2 Å². The van der Waals surface area contributed by atoms with Crippen LogP contribution in [0.2, 0.25) is 0 Å². The topological polar surface area (TPSA) is 91.4 Å². The van der Waals surface area contributed by atoms with Crippen LogP contribution in [0.3, 0.4) is 0 Å². The summed E-state index contributed by atoms with van der Waals surface area (Å²) in [7, 11) is 0. The number of aromatic nitrogens is 2. The van der Waals surface area contributed by atoms with Crippen LogP contribution in [0.25, 0.3) is 0 Å². The molecule has 0 radical (unpaired) electrons. The molecular formula is C18H22N6O2. The first-order valence-corrected chi connectivity index (χ1v) is 8.89. The van der Waals surface area contributed by atoms with Gasteiger partial charge in [-0.05, 0) is 50.2 Å². The fourth-order valence-corrected chi connectivity index (χ4v) is 3.09. The van der Waals surface area contributed by atoms with Crippen molar-refractivity contribution in [2.24, 2.45) is 0 Å². The van der Waals surface area contributed by atoms with Crippen molar-refractivity contribution in [3.63, 3.8) is 0 Å². The lowest BCUT2D eigenvalue weighted by Gasteiger charge is -2.17. The minimum atomic E-state index is -0.252. The molecule has 136 valence electrons. The Morgan fingerprint density at radius 1 is 1.19 bits per heavy atom. The SMILES string of the molecule is O=C1NCc2cnc(Nc3ccc(OCCN4CCCC4)cc3)nc2N1. The van der Waals surface area contributed by atoms with Gasteiger partial charge in [-0.1, -0.05) is 0 Å². The molecule has 0 saturated carbocycles. The number of fused-ring (bicyclic) bond motifs is 1. The molecule has 3 heterocycles. The number of anilines is 3. The van der Waals surface area contributed by atoms with Crippen molar-refractivity contribution in [2.75, 3.05) is 36.9 Å². The fraction of sp³-hybridized carbons (Fsp3) is 0.389. The molecule has 1 aromatic heterocycles. The summed E-state index contributed by atoms with van der Waals surface area (Å²) in [5, 5.41) is 8.50. The van der Waals surface area contributed by atoms with Crippen LogP contribution in [0.5, 0.6) is 5.75 Å². The molecule has 3 N–H and O–H groups in total. The van der Waals surface area contributed by atoms with E-state index in [0.717, 1.165) is 23.5 Å². The molecule has 0 unspecified atom stereocenters. The molecule has 0 atom stereocenters. The second-order valence-corrected chi connectivity index (χ2v) is 6.42. The van der Waals surface area contributed by atoms with Crippen LogP contribution in [0, 0.1) is 0 Å². The zero-order valence-electron chi connectivity index (χ0n) is 14.5. The summed E-state index contributed by atoms with van der Waals surface area (Å²) in [6, 6.07) is 7.45. The van der Waals surface area contributed by atoms with Gasteiger partial charge in [0, 0.05) is 30.5 Å². The highest BCUT2D eigenvalue weighted by Crippen LogP contribution is 2.21. The Kier molecular flexibility index (Phi) is 4.83. The van der Waals surface area contributed by atoms with Crippen molar-refractivity contribution >= 4 is 23.5 Å². The highest BCUT2D eigenvalue weighted by Gasteiger charge is 2.16. The van der Waals surface area contributed by atoms with Crippen molar-refractivity contribution in [3.05, 3.63) is 36.0 Å². The van der Waals surface area contributed by atoms with Crippen LogP contribution in [0.1, 0.15) is 18.4 Å². The number of nitrogens with zero attached hydrogens (tertiary/aromatic N) is 3. The quantitative estimate of drug-likeness (QED) is 0.737. The minimum absolute atomic E-state index is 0.252. The highest BCUT2D eigenvalue weighted by molar-refractivity contribution is 5.91. The van der Waals surface area contributed by atoms with Gasteiger partial charge in [-0.3, -0.25) is 10.2 Å². The van der Waals surface area contributed by atoms with Crippen molar-refractivity contribution in [2.45, 2.75) is 19.4 Å². The number of amides is 2. The molecular weight excluding hydrogens is 332 g/mol. The third-order valence-electron chi connectivity index (χ3n) is 4.52. The Morgan fingerprint density at radius 3 is 2.81 bits per heavy atom. The van der Waals surface area contributed by atoms with E-state index < -0.39 is 0 Å². The lowest BCUT2D eigenvalue weighted by Crippen LogP contribution is -2.34. The van der Waals surface area contributed by atoms with Crippen LogP contribution >= 0.6 is 0 Å². The van der Waals surface area contributed by atoms with Crippen molar-refractivity contribution in [3.8, 4) is 5.75 Å². The third kappa shape index (κ3) is 4.02. The normalized spacial score (nSPS) is 16.5. The molecule has 2 aliphatic rings. The van der Waals surface area contributed by atoms with Gasteiger partial charge in [0.25, 0.3) is 0 Å². The van der Waals surface area contributed by atoms with E-state index in [1.807, 2.05) is 24.3 Å². The first-order valence-electron chi connectivity index (χ1n) is 8.89. The number of carbonyl (C=O) groups excluding carboxylic acids is 1. The van der Waals surface area contributed by atoms with Crippen LogP contribution in [-0.2, 0) is 6.54 Å². The van der Waals surface area contributed by atoms with E-state index in [1.165, 1.54) is 25.9 Å². The smallest absolute Gasteiger partial charge is 0.320 e. The van der Waals surface area contributed by atoms with E-state index >= 15 is 0 Å². The summed E-state index contributed by atoms with van der Waals surface area (Å²) in [4.78, 5) is 22.4. The second-order valence-electron chi connectivity index (χ2n) is 6.42. The molecule has 8 nitrogen and oxygen atoms in total. The molecule has 0 bridgehead atoms. The molecule has 26 heavy (non-hydrogen) atoms. The molecule has 4 rings (SSSR count). The molecule has 2 amide bonds. The van der Waals surface area contributed by atoms with Gasteiger partial charge in [-0.2, -0.15) is 4.98 Å². The number of hydrogen-bond acceptors (Lipinski definition) is 6. The summed E-state index contributed by atoms with van der Waals surface area (Å²) in [5.41, 5.74) is 1.72. The monoisotopic (exact) mass is 354 g/mol. The predicted molar refractivity (Wildman–Crippen MR) is 98.8 cm³/mol. The summed E-state index contributed by atoms with van der Waals surface area (Å²) in [6.45, 7) is 4.48. The van der Waals surface area contributed by atoms with Crippen LogP contribution < -0.4 is 20.7 Å². The number of rotatable bonds is 6. The molecule has 0 spiro atoms. The Morgan fingerprint density at radius 2 is 2.00 bits per heavy atom. The number of benzene rings is 1. The van der Waals surface area contributed by atoms with Gasteiger partial charge in [0.05, 0.1) is 0 Å². The average molecular weight is 354 g/mol. The minimum Gasteiger partial charge on any atom is -0.492 e. The Bertz CT molecular complexity index is 774. The van der Waals surface area contributed by atoms with Crippen LogP contribution in [-0.4, -0.2) is 47.1 Å². The van der Waals surface area contributed by atoms with Gasteiger partial charge in [-0.15, -0.1) is 0 Å². The molecule has 8 heteroatoms. The Labute approximate surface area is 152 Å². The summed E-state index contributed by atoms with van der Waals surface area (Å²) >= 11 is 0. The first-order chi connectivity index (χ1) is 12.8. The molecule has 2 aliphatic heterocycles. The van der Waals surface area contributed by atoms with Crippen LogP contribution in [0.15, 0.2) is 30.5 Å². The van der Waals surface area contributed by atoms with Crippen molar-refractivity contribution < 1.29 is 9.53 Å². The second kappa shape index (κ2) is 7.57. The largest absolute Gasteiger partial charge is 0.492 e.